The van der Waals surface area contributed by atoms with E-state index >= 15 is 0 Å². The molecular formula is C13H20N4O. The van der Waals surface area contributed by atoms with Crippen molar-refractivity contribution in [1.29, 1.82) is 0 Å². The zero-order valence-corrected chi connectivity index (χ0v) is 10.6. The summed E-state index contributed by atoms with van der Waals surface area (Å²) in [6, 6.07) is 7.40. The lowest BCUT2D eigenvalue weighted by atomic mass is 10.2. The minimum absolute atomic E-state index is 0.167. The Morgan fingerprint density at radius 3 is 2.78 bits per heavy atom. The maximum Gasteiger partial charge on any atom is 0.319 e. The number of nitrogens with zero attached hydrogens (tertiary/aromatic N) is 1. The zero-order valence-electron chi connectivity index (χ0n) is 10.6. The number of nitrogens with two attached hydrogens (primary N) is 1. The molecular weight excluding hydrogens is 228 g/mol. The maximum absolute atomic E-state index is 11.7. The number of hydrogen-bond donors (Lipinski definition) is 3. The third-order valence-electron chi connectivity index (χ3n) is 3.34. The molecule has 1 heterocycles. The smallest absolute Gasteiger partial charge is 0.319 e. The van der Waals surface area contributed by atoms with Crippen molar-refractivity contribution in [3.05, 3.63) is 24.3 Å². The first-order chi connectivity index (χ1) is 8.65. The standard InChI is InChI=1S/C13H20N4O/c1-17-8-2-3-12(17)9-15-13(18)16-11-6-4-10(14)5-7-11/h4-7,12H,2-3,8-9,14H2,1H3,(H2,15,16,18). The van der Waals surface area contributed by atoms with Gasteiger partial charge in [-0.05, 0) is 50.7 Å². The van der Waals surface area contributed by atoms with Gasteiger partial charge in [-0.3, -0.25) is 0 Å². The van der Waals surface area contributed by atoms with Crippen LogP contribution in [0.5, 0.6) is 0 Å². The van der Waals surface area contributed by atoms with Crippen LogP contribution in [0.25, 0.3) is 0 Å². The second kappa shape index (κ2) is 5.73. The molecule has 5 nitrogen and oxygen atoms in total. The van der Waals surface area contributed by atoms with E-state index in [1.165, 1.54) is 6.42 Å². The molecule has 1 atom stereocenters. The first-order valence-electron chi connectivity index (χ1n) is 6.26. The summed E-state index contributed by atoms with van der Waals surface area (Å²) < 4.78 is 0. The molecule has 1 aromatic carbocycles. The number of likely N-dealkylation sites (N-methyl/N-ethyl adjacent to an activating group) is 1. The molecule has 98 valence electrons. The van der Waals surface area contributed by atoms with Crippen LogP contribution in [-0.4, -0.2) is 37.1 Å². The Bertz CT molecular complexity index is 404. The Labute approximate surface area is 107 Å². The predicted octanol–water partition coefficient (Wildman–Crippen LogP) is 1.48. The number of likely N-dealkylation sites (tertiary alicyclic amines) is 1. The molecule has 18 heavy (non-hydrogen) atoms. The number of hydrogen-bond acceptors (Lipinski definition) is 3. The monoisotopic (exact) mass is 248 g/mol. The van der Waals surface area contributed by atoms with Crippen LogP contribution in [0.1, 0.15) is 12.8 Å². The fourth-order valence-electron chi connectivity index (χ4n) is 2.19. The van der Waals surface area contributed by atoms with E-state index in [-0.39, 0.29) is 6.03 Å². The average Bonchev–Trinajstić information content (AvgIpc) is 2.75. The highest BCUT2D eigenvalue weighted by molar-refractivity contribution is 5.89. The fourth-order valence-corrected chi connectivity index (χ4v) is 2.19. The molecule has 1 aliphatic heterocycles. The van der Waals surface area contributed by atoms with Crippen LogP contribution in [-0.2, 0) is 0 Å². The van der Waals surface area contributed by atoms with Gasteiger partial charge in [-0.1, -0.05) is 0 Å². The quantitative estimate of drug-likeness (QED) is 0.710. The highest BCUT2D eigenvalue weighted by Gasteiger charge is 2.20. The van der Waals surface area contributed by atoms with Crippen molar-refractivity contribution < 1.29 is 4.79 Å². The van der Waals surface area contributed by atoms with Gasteiger partial charge in [-0.25, -0.2) is 4.79 Å². The van der Waals surface area contributed by atoms with Gasteiger partial charge in [-0.15, -0.1) is 0 Å². The fraction of sp³-hybridized carbons (Fsp3) is 0.462. The number of nitrogens with one attached hydrogen (secondary N) is 2. The Morgan fingerprint density at radius 1 is 1.44 bits per heavy atom. The molecule has 1 aliphatic rings. The van der Waals surface area contributed by atoms with Crippen LogP contribution >= 0.6 is 0 Å². The largest absolute Gasteiger partial charge is 0.399 e. The molecule has 2 amide bonds. The molecule has 0 saturated carbocycles. The summed E-state index contributed by atoms with van der Waals surface area (Å²) in [5, 5.41) is 5.68. The molecule has 0 spiro atoms. The Kier molecular flexibility index (Phi) is 4.04. The Morgan fingerprint density at radius 2 is 2.17 bits per heavy atom. The van der Waals surface area contributed by atoms with Gasteiger partial charge in [0.1, 0.15) is 0 Å². The van der Waals surface area contributed by atoms with Gasteiger partial charge in [0.15, 0.2) is 0 Å². The zero-order chi connectivity index (χ0) is 13.0. The number of benzene rings is 1. The topological polar surface area (TPSA) is 70.4 Å². The van der Waals surface area contributed by atoms with Crippen LogP contribution in [0.2, 0.25) is 0 Å². The second-order valence-corrected chi connectivity index (χ2v) is 4.73. The number of anilines is 2. The van der Waals surface area contributed by atoms with Gasteiger partial charge < -0.3 is 21.3 Å². The minimum atomic E-state index is -0.167. The summed E-state index contributed by atoms with van der Waals surface area (Å²) in [4.78, 5) is 14.0. The van der Waals surface area contributed by atoms with Crippen LogP contribution in [0.4, 0.5) is 16.2 Å². The van der Waals surface area contributed by atoms with E-state index in [1.807, 2.05) is 0 Å². The van der Waals surface area contributed by atoms with E-state index in [0.717, 1.165) is 18.7 Å². The number of amides is 2. The van der Waals surface area contributed by atoms with Gasteiger partial charge in [0.25, 0.3) is 0 Å². The molecule has 0 radical (unpaired) electrons. The van der Waals surface area contributed by atoms with Gasteiger partial charge in [-0.2, -0.15) is 0 Å². The van der Waals surface area contributed by atoms with Crippen LogP contribution in [0.3, 0.4) is 0 Å². The molecule has 0 aliphatic carbocycles. The number of urea groups is 1. The van der Waals surface area contributed by atoms with E-state index in [4.69, 9.17) is 5.73 Å². The van der Waals surface area contributed by atoms with Crippen molar-refractivity contribution in [2.75, 3.05) is 31.2 Å². The molecule has 1 aromatic rings. The lowest BCUT2D eigenvalue weighted by molar-refractivity contribution is 0.245. The van der Waals surface area contributed by atoms with Gasteiger partial charge in [0.05, 0.1) is 0 Å². The second-order valence-electron chi connectivity index (χ2n) is 4.73. The first kappa shape index (κ1) is 12.7. The molecule has 4 N–H and O–H groups in total. The van der Waals surface area contributed by atoms with Crippen molar-refractivity contribution >= 4 is 17.4 Å². The lowest BCUT2D eigenvalue weighted by Gasteiger charge is -2.19. The van der Waals surface area contributed by atoms with Crippen LogP contribution in [0.15, 0.2) is 24.3 Å². The summed E-state index contributed by atoms with van der Waals surface area (Å²) in [7, 11) is 2.09. The Hall–Kier alpha value is -1.75. The van der Waals surface area contributed by atoms with Gasteiger partial charge >= 0.3 is 6.03 Å². The average molecular weight is 248 g/mol. The molecule has 2 rings (SSSR count). The molecule has 5 heteroatoms. The Balaban J connectivity index is 1.76. The first-order valence-corrected chi connectivity index (χ1v) is 6.26. The van der Waals surface area contributed by atoms with Crippen molar-refractivity contribution in [3.63, 3.8) is 0 Å². The number of rotatable bonds is 3. The summed E-state index contributed by atoms with van der Waals surface area (Å²) in [5.41, 5.74) is 7.02. The van der Waals surface area contributed by atoms with E-state index in [1.54, 1.807) is 24.3 Å². The summed E-state index contributed by atoms with van der Waals surface area (Å²) >= 11 is 0. The number of carbonyl (C=O) groups is 1. The van der Waals surface area contributed by atoms with E-state index in [9.17, 15) is 4.79 Å². The summed E-state index contributed by atoms with van der Waals surface area (Å²) in [6.45, 7) is 1.81. The molecule has 0 bridgehead atoms. The molecule has 0 aromatic heterocycles. The van der Waals surface area contributed by atoms with Crippen molar-refractivity contribution in [3.8, 4) is 0 Å². The third kappa shape index (κ3) is 3.37. The van der Waals surface area contributed by atoms with E-state index in [2.05, 4.69) is 22.6 Å². The van der Waals surface area contributed by atoms with E-state index < -0.39 is 0 Å². The van der Waals surface area contributed by atoms with Crippen LogP contribution in [0, 0.1) is 0 Å². The van der Waals surface area contributed by atoms with Gasteiger partial charge in [0.2, 0.25) is 0 Å². The normalized spacial score (nSPS) is 19.7. The van der Waals surface area contributed by atoms with Crippen molar-refractivity contribution in [1.82, 2.24) is 10.2 Å². The predicted molar refractivity (Wildman–Crippen MR) is 73.5 cm³/mol. The van der Waals surface area contributed by atoms with Crippen LogP contribution < -0.4 is 16.4 Å². The van der Waals surface area contributed by atoms with Gasteiger partial charge in [0, 0.05) is 24.0 Å². The maximum atomic E-state index is 11.7. The van der Waals surface area contributed by atoms with Crippen molar-refractivity contribution in [2.24, 2.45) is 0 Å². The van der Waals surface area contributed by atoms with E-state index in [0.29, 0.717) is 18.3 Å². The number of carbonyl (C=O) groups excluding carboxylic acids is 1. The molecule has 1 fully saturated rings. The number of nitrogen functional groups attached to an aromatic ring is 1. The molecule has 1 unspecified atom stereocenters. The SMILES string of the molecule is CN1CCCC1CNC(=O)Nc1ccc(N)cc1. The highest BCUT2D eigenvalue weighted by atomic mass is 16.2. The summed E-state index contributed by atoms with van der Waals surface area (Å²) in [6.07, 6.45) is 2.36. The summed E-state index contributed by atoms with van der Waals surface area (Å²) in [5.74, 6) is 0. The third-order valence-corrected chi connectivity index (χ3v) is 3.34. The highest BCUT2D eigenvalue weighted by Crippen LogP contribution is 2.14. The minimum Gasteiger partial charge on any atom is -0.399 e. The molecule has 1 saturated heterocycles. The van der Waals surface area contributed by atoms with Crippen molar-refractivity contribution in [2.45, 2.75) is 18.9 Å². The lowest BCUT2D eigenvalue weighted by Crippen LogP contribution is -2.40.